The lowest BCUT2D eigenvalue weighted by atomic mass is 10.3. The quantitative estimate of drug-likeness (QED) is 0.772. The lowest BCUT2D eigenvalue weighted by Gasteiger charge is -2.02. The maximum atomic E-state index is 3.94. The molecule has 0 spiro atoms. The van der Waals surface area contributed by atoms with Crippen LogP contribution < -0.4 is 5.32 Å². The minimum absolute atomic E-state index is 0.580. The van der Waals surface area contributed by atoms with Crippen molar-refractivity contribution in [3.8, 4) is 0 Å². The molecule has 0 fully saturated rings. The fourth-order valence-electron chi connectivity index (χ4n) is 1.01. The van der Waals surface area contributed by atoms with Crippen LogP contribution in [0.3, 0.4) is 0 Å². The van der Waals surface area contributed by atoms with Crippen LogP contribution in [0.5, 0.6) is 0 Å². The number of rotatable bonds is 3. The van der Waals surface area contributed by atoms with Crippen LogP contribution in [0.25, 0.3) is 0 Å². The van der Waals surface area contributed by atoms with E-state index < -0.39 is 0 Å². The van der Waals surface area contributed by atoms with E-state index in [9.17, 15) is 0 Å². The first-order chi connectivity index (χ1) is 6.95. The third-order valence-corrected chi connectivity index (χ3v) is 1.69. The van der Waals surface area contributed by atoms with Crippen molar-refractivity contribution in [1.82, 2.24) is 19.9 Å². The number of hydrogen-bond donors (Lipinski definition) is 1. The van der Waals surface area contributed by atoms with E-state index in [2.05, 4.69) is 25.3 Å². The Morgan fingerprint density at radius 2 is 1.71 bits per heavy atom. The van der Waals surface area contributed by atoms with Gasteiger partial charge in [-0.15, -0.1) is 0 Å². The second-order valence-electron chi connectivity index (χ2n) is 2.67. The van der Waals surface area contributed by atoms with Gasteiger partial charge in [-0.3, -0.25) is 4.98 Å². The van der Waals surface area contributed by atoms with E-state index in [-0.39, 0.29) is 0 Å². The Labute approximate surface area is 81.3 Å². The summed E-state index contributed by atoms with van der Waals surface area (Å²) in [6, 6.07) is 3.88. The molecule has 2 rings (SSSR count). The van der Waals surface area contributed by atoms with E-state index in [1.807, 2.05) is 12.1 Å². The molecule has 5 heteroatoms. The minimum Gasteiger partial charge on any atom is -0.350 e. The van der Waals surface area contributed by atoms with Crippen molar-refractivity contribution in [2.75, 3.05) is 5.32 Å². The van der Waals surface area contributed by atoms with Gasteiger partial charge in [-0.1, -0.05) is 0 Å². The minimum atomic E-state index is 0.580. The van der Waals surface area contributed by atoms with Crippen molar-refractivity contribution in [2.45, 2.75) is 6.54 Å². The van der Waals surface area contributed by atoms with Gasteiger partial charge in [0.15, 0.2) is 0 Å². The first-order valence-electron chi connectivity index (χ1n) is 4.20. The molecular formula is C9H9N5. The van der Waals surface area contributed by atoms with Gasteiger partial charge in [0.25, 0.3) is 0 Å². The molecule has 0 aliphatic rings. The van der Waals surface area contributed by atoms with Crippen molar-refractivity contribution in [3.63, 3.8) is 0 Å². The Bertz CT molecular complexity index is 335. The summed E-state index contributed by atoms with van der Waals surface area (Å²) in [6.07, 6.45) is 6.43. The van der Waals surface area contributed by atoms with Crippen LogP contribution in [0.4, 0.5) is 5.95 Å². The van der Waals surface area contributed by atoms with Gasteiger partial charge in [-0.05, 0) is 17.7 Å². The lowest BCUT2D eigenvalue weighted by molar-refractivity contribution is 0.998. The Balaban J connectivity index is 1.96. The maximum absolute atomic E-state index is 3.94. The largest absolute Gasteiger partial charge is 0.350 e. The second-order valence-corrected chi connectivity index (χ2v) is 2.67. The average molecular weight is 187 g/mol. The summed E-state index contributed by atoms with van der Waals surface area (Å²) in [5, 5.41) is 3.07. The highest BCUT2D eigenvalue weighted by Gasteiger charge is 1.93. The normalized spacial score (nSPS) is 9.71. The predicted octanol–water partition coefficient (Wildman–Crippen LogP) is 0.879. The Morgan fingerprint density at radius 3 is 2.43 bits per heavy atom. The van der Waals surface area contributed by atoms with Gasteiger partial charge in [0.1, 0.15) is 12.7 Å². The number of hydrogen-bond acceptors (Lipinski definition) is 5. The summed E-state index contributed by atoms with van der Waals surface area (Å²) in [5.74, 6) is 0.580. The lowest BCUT2D eigenvalue weighted by Crippen LogP contribution is -2.03. The smallest absolute Gasteiger partial charge is 0.225 e. The van der Waals surface area contributed by atoms with Crippen LogP contribution in [-0.2, 0) is 6.54 Å². The molecule has 2 aromatic heterocycles. The highest BCUT2D eigenvalue weighted by atomic mass is 15.1. The zero-order valence-electron chi connectivity index (χ0n) is 7.46. The Morgan fingerprint density at radius 1 is 1.00 bits per heavy atom. The monoisotopic (exact) mass is 187 g/mol. The van der Waals surface area contributed by atoms with Crippen molar-refractivity contribution >= 4 is 5.95 Å². The molecule has 0 saturated carbocycles. The van der Waals surface area contributed by atoms with Gasteiger partial charge in [0, 0.05) is 18.9 Å². The van der Waals surface area contributed by atoms with Crippen molar-refractivity contribution < 1.29 is 0 Å². The molecule has 0 atom stereocenters. The predicted molar refractivity (Wildman–Crippen MR) is 51.4 cm³/mol. The van der Waals surface area contributed by atoms with Gasteiger partial charge >= 0.3 is 0 Å². The van der Waals surface area contributed by atoms with Crippen LogP contribution in [-0.4, -0.2) is 19.9 Å². The van der Waals surface area contributed by atoms with E-state index in [1.165, 1.54) is 12.7 Å². The first kappa shape index (κ1) is 8.55. The molecule has 0 aliphatic carbocycles. The number of nitrogens with one attached hydrogen (secondary N) is 1. The van der Waals surface area contributed by atoms with Gasteiger partial charge in [-0.2, -0.15) is 0 Å². The van der Waals surface area contributed by atoms with Gasteiger partial charge in [0.2, 0.25) is 5.95 Å². The van der Waals surface area contributed by atoms with E-state index in [0.29, 0.717) is 12.5 Å². The Hall–Kier alpha value is -2.04. The summed E-state index contributed by atoms with van der Waals surface area (Å²) < 4.78 is 0. The van der Waals surface area contributed by atoms with Gasteiger partial charge < -0.3 is 5.32 Å². The summed E-state index contributed by atoms with van der Waals surface area (Å²) in [5.41, 5.74) is 1.14. The van der Waals surface area contributed by atoms with E-state index in [1.54, 1.807) is 12.4 Å². The standard InChI is InChI=1S/C9H9N5/c1-3-10-4-2-8(1)5-12-9-13-6-11-7-14-9/h1-4,6-7H,5H2,(H,11,12,13,14). The number of aromatic nitrogens is 4. The topological polar surface area (TPSA) is 63.6 Å². The van der Waals surface area contributed by atoms with E-state index in [0.717, 1.165) is 5.56 Å². The van der Waals surface area contributed by atoms with Crippen molar-refractivity contribution in [2.24, 2.45) is 0 Å². The molecule has 0 aromatic carbocycles. The number of anilines is 1. The fraction of sp³-hybridized carbons (Fsp3) is 0.111. The van der Waals surface area contributed by atoms with E-state index >= 15 is 0 Å². The maximum Gasteiger partial charge on any atom is 0.225 e. The molecule has 2 aromatic rings. The zero-order chi connectivity index (χ0) is 9.64. The molecule has 14 heavy (non-hydrogen) atoms. The molecule has 1 N–H and O–H groups in total. The molecule has 70 valence electrons. The van der Waals surface area contributed by atoms with Gasteiger partial charge in [-0.25, -0.2) is 15.0 Å². The number of pyridine rings is 1. The second kappa shape index (κ2) is 4.27. The SMILES string of the molecule is c1cc(CNc2ncncn2)ccn1. The molecule has 5 nitrogen and oxygen atoms in total. The van der Waals surface area contributed by atoms with Crippen molar-refractivity contribution in [3.05, 3.63) is 42.7 Å². The highest BCUT2D eigenvalue weighted by Crippen LogP contribution is 2.00. The highest BCUT2D eigenvalue weighted by molar-refractivity contribution is 5.24. The van der Waals surface area contributed by atoms with Crippen LogP contribution in [0.1, 0.15) is 5.56 Å². The van der Waals surface area contributed by atoms with Crippen LogP contribution >= 0.6 is 0 Å². The number of nitrogens with zero attached hydrogens (tertiary/aromatic N) is 4. The summed E-state index contributed by atoms with van der Waals surface area (Å²) >= 11 is 0. The first-order valence-corrected chi connectivity index (χ1v) is 4.20. The molecular weight excluding hydrogens is 178 g/mol. The van der Waals surface area contributed by atoms with Crippen LogP contribution in [0.2, 0.25) is 0 Å². The van der Waals surface area contributed by atoms with Crippen LogP contribution in [0.15, 0.2) is 37.2 Å². The molecule has 0 unspecified atom stereocenters. The summed E-state index contributed by atoms with van der Waals surface area (Å²) in [6.45, 7) is 0.687. The van der Waals surface area contributed by atoms with Crippen LogP contribution in [0, 0.1) is 0 Å². The summed E-state index contributed by atoms with van der Waals surface area (Å²) in [4.78, 5) is 15.5. The van der Waals surface area contributed by atoms with Gasteiger partial charge in [0.05, 0.1) is 0 Å². The van der Waals surface area contributed by atoms with E-state index in [4.69, 9.17) is 0 Å². The third-order valence-electron chi connectivity index (χ3n) is 1.69. The molecule has 2 heterocycles. The third kappa shape index (κ3) is 2.22. The Kier molecular flexibility index (Phi) is 2.61. The van der Waals surface area contributed by atoms with Crippen molar-refractivity contribution in [1.29, 1.82) is 0 Å². The fourth-order valence-corrected chi connectivity index (χ4v) is 1.01. The molecule has 0 saturated heterocycles. The molecule has 0 amide bonds. The molecule has 0 bridgehead atoms. The average Bonchev–Trinajstić information content (AvgIpc) is 2.29. The molecule has 0 aliphatic heterocycles. The summed E-state index contributed by atoms with van der Waals surface area (Å²) in [7, 11) is 0. The zero-order valence-corrected chi connectivity index (χ0v) is 7.46. The molecule has 0 radical (unpaired) electrons.